The van der Waals surface area contributed by atoms with Crippen LogP contribution in [0.4, 0.5) is 0 Å². The standard InChI is InChI=1S/C15H13NO3/c17-15(18)13-8-9-16-11-14(13)19-10-4-7-12-5-2-1-3-6-12/h1-9,11H,10H2,(H,17,18)/b7-4+. The van der Waals surface area contributed by atoms with Gasteiger partial charge in [-0.05, 0) is 17.7 Å². The molecule has 4 heteroatoms. The van der Waals surface area contributed by atoms with Gasteiger partial charge in [0.05, 0.1) is 6.20 Å². The molecular weight excluding hydrogens is 242 g/mol. The van der Waals surface area contributed by atoms with Gasteiger partial charge in [-0.1, -0.05) is 36.4 Å². The number of rotatable bonds is 5. The lowest BCUT2D eigenvalue weighted by atomic mass is 10.2. The second kappa shape index (κ2) is 6.35. The highest BCUT2D eigenvalue weighted by Crippen LogP contribution is 2.16. The molecule has 1 aromatic heterocycles. The molecular formula is C15H13NO3. The quantitative estimate of drug-likeness (QED) is 0.892. The maximum atomic E-state index is 11.0. The molecule has 0 spiro atoms. The maximum Gasteiger partial charge on any atom is 0.339 e. The number of aromatic nitrogens is 1. The van der Waals surface area contributed by atoms with Crippen molar-refractivity contribution in [3.05, 3.63) is 66.0 Å². The van der Waals surface area contributed by atoms with E-state index in [4.69, 9.17) is 9.84 Å². The van der Waals surface area contributed by atoms with E-state index in [1.165, 1.54) is 18.5 Å². The van der Waals surface area contributed by atoms with Crippen LogP contribution in [0.25, 0.3) is 6.08 Å². The van der Waals surface area contributed by atoms with Crippen molar-refractivity contribution < 1.29 is 14.6 Å². The van der Waals surface area contributed by atoms with Crippen molar-refractivity contribution in [2.45, 2.75) is 0 Å². The largest absolute Gasteiger partial charge is 0.487 e. The summed E-state index contributed by atoms with van der Waals surface area (Å²) in [7, 11) is 0. The summed E-state index contributed by atoms with van der Waals surface area (Å²) >= 11 is 0. The highest BCUT2D eigenvalue weighted by Gasteiger charge is 2.09. The number of ether oxygens (including phenoxy) is 1. The van der Waals surface area contributed by atoms with Crippen LogP contribution >= 0.6 is 0 Å². The zero-order valence-electron chi connectivity index (χ0n) is 10.2. The third-order valence-corrected chi connectivity index (χ3v) is 2.46. The number of carbonyl (C=O) groups is 1. The topological polar surface area (TPSA) is 59.4 Å². The van der Waals surface area contributed by atoms with Gasteiger partial charge in [-0.2, -0.15) is 0 Å². The van der Waals surface area contributed by atoms with Gasteiger partial charge in [0.25, 0.3) is 0 Å². The van der Waals surface area contributed by atoms with Crippen molar-refractivity contribution in [2.24, 2.45) is 0 Å². The van der Waals surface area contributed by atoms with Crippen LogP contribution < -0.4 is 4.74 Å². The summed E-state index contributed by atoms with van der Waals surface area (Å²) < 4.78 is 5.39. The molecule has 4 nitrogen and oxygen atoms in total. The number of hydrogen-bond donors (Lipinski definition) is 1. The zero-order valence-corrected chi connectivity index (χ0v) is 10.2. The lowest BCUT2D eigenvalue weighted by molar-refractivity contribution is 0.0692. The first kappa shape index (κ1) is 12.8. The summed E-state index contributed by atoms with van der Waals surface area (Å²) in [6.07, 6.45) is 6.57. The van der Waals surface area contributed by atoms with E-state index in [0.29, 0.717) is 6.61 Å². The molecule has 1 aromatic carbocycles. The molecule has 0 amide bonds. The molecule has 1 heterocycles. The molecule has 2 rings (SSSR count). The van der Waals surface area contributed by atoms with Gasteiger partial charge in [-0.25, -0.2) is 4.79 Å². The molecule has 0 saturated heterocycles. The third-order valence-electron chi connectivity index (χ3n) is 2.46. The molecule has 0 radical (unpaired) electrons. The fourth-order valence-electron chi connectivity index (χ4n) is 1.56. The predicted octanol–water partition coefficient (Wildman–Crippen LogP) is 2.87. The van der Waals surface area contributed by atoms with Crippen LogP contribution in [0.15, 0.2) is 54.9 Å². The number of carboxylic acids is 1. The lowest BCUT2D eigenvalue weighted by Gasteiger charge is -2.05. The van der Waals surface area contributed by atoms with Gasteiger partial charge >= 0.3 is 5.97 Å². The van der Waals surface area contributed by atoms with Crippen LogP contribution in [0.5, 0.6) is 5.75 Å². The molecule has 0 aliphatic carbocycles. The van der Waals surface area contributed by atoms with Gasteiger partial charge in [0.15, 0.2) is 5.75 Å². The Kier molecular flexibility index (Phi) is 4.29. The molecule has 2 aromatic rings. The minimum Gasteiger partial charge on any atom is -0.487 e. The zero-order chi connectivity index (χ0) is 13.5. The van der Waals surface area contributed by atoms with E-state index in [9.17, 15) is 4.79 Å². The van der Waals surface area contributed by atoms with E-state index < -0.39 is 5.97 Å². The van der Waals surface area contributed by atoms with Crippen molar-refractivity contribution in [1.82, 2.24) is 4.98 Å². The first-order chi connectivity index (χ1) is 9.27. The second-order valence-corrected chi connectivity index (χ2v) is 3.80. The Hall–Kier alpha value is -2.62. The van der Waals surface area contributed by atoms with Crippen molar-refractivity contribution in [1.29, 1.82) is 0 Å². The number of pyridine rings is 1. The smallest absolute Gasteiger partial charge is 0.339 e. The third kappa shape index (κ3) is 3.67. The number of hydrogen-bond acceptors (Lipinski definition) is 3. The van der Waals surface area contributed by atoms with Gasteiger partial charge in [0, 0.05) is 6.20 Å². The Balaban J connectivity index is 1.96. The lowest BCUT2D eigenvalue weighted by Crippen LogP contribution is -2.03. The molecule has 0 fully saturated rings. The molecule has 19 heavy (non-hydrogen) atoms. The van der Waals surface area contributed by atoms with Crippen molar-refractivity contribution in [2.75, 3.05) is 6.61 Å². The van der Waals surface area contributed by atoms with Gasteiger partial charge in [0.1, 0.15) is 12.2 Å². The average molecular weight is 255 g/mol. The van der Waals surface area contributed by atoms with Crippen LogP contribution in [-0.2, 0) is 0 Å². The van der Waals surface area contributed by atoms with E-state index in [2.05, 4.69) is 4.98 Å². The normalized spacial score (nSPS) is 10.5. The molecule has 1 N–H and O–H groups in total. The first-order valence-electron chi connectivity index (χ1n) is 5.79. The highest BCUT2D eigenvalue weighted by molar-refractivity contribution is 5.90. The van der Waals surface area contributed by atoms with E-state index in [-0.39, 0.29) is 11.3 Å². The highest BCUT2D eigenvalue weighted by atomic mass is 16.5. The molecule has 0 atom stereocenters. The van der Waals surface area contributed by atoms with Gasteiger partial charge in [-0.3, -0.25) is 4.98 Å². The Morgan fingerprint density at radius 1 is 1.26 bits per heavy atom. The molecule has 0 bridgehead atoms. The molecule has 0 saturated carbocycles. The average Bonchev–Trinajstić information content (AvgIpc) is 2.45. The van der Waals surface area contributed by atoms with Gasteiger partial charge in [0.2, 0.25) is 0 Å². The van der Waals surface area contributed by atoms with Crippen molar-refractivity contribution in [3.63, 3.8) is 0 Å². The number of nitrogens with zero attached hydrogens (tertiary/aromatic N) is 1. The summed E-state index contributed by atoms with van der Waals surface area (Å²) in [6, 6.07) is 11.2. The number of aromatic carboxylic acids is 1. The summed E-state index contributed by atoms with van der Waals surface area (Å²) in [5, 5.41) is 8.97. The van der Waals surface area contributed by atoms with Crippen LogP contribution in [0.3, 0.4) is 0 Å². The molecule has 96 valence electrons. The SMILES string of the molecule is O=C(O)c1ccncc1OC/C=C/c1ccccc1. The van der Waals surface area contributed by atoms with E-state index in [0.717, 1.165) is 5.56 Å². The van der Waals surface area contributed by atoms with Crippen molar-refractivity contribution in [3.8, 4) is 5.75 Å². The predicted molar refractivity (Wildman–Crippen MR) is 72.2 cm³/mol. The van der Waals surface area contributed by atoms with Gasteiger partial charge in [-0.15, -0.1) is 0 Å². The first-order valence-corrected chi connectivity index (χ1v) is 5.79. The minimum absolute atomic E-state index is 0.114. The van der Waals surface area contributed by atoms with Crippen LogP contribution in [0, 0.1) is 0 Å². The fourth-order valence-corrected chi connectivity index (χ4v) is 1.56. The molecule has 0 aliphatic rings. The van der Waals surface area contributed by atoms with Gasteiger partial charge < -0.3 is 9.84 Å². The fraction of sp³-hybridized carbons (Fsp3) is 0.0667. The maximum absolute atomic E-state index is 11.0. The second-order valence-electron chi connectivity index (χ2n) is 3.80. The Morgan fingerprint density at radius 3 is 2.79 bits per heavy atom. The van der Waals surface area contributed by atoms with E-state index in [1.54, 1.807) is 0 Å². The molecule has 0 unspecified atom stereocenters. The Morgan fingerprint density at radius 2 is 2.05 bits per heavy atom. The monoisotopic (exact) mass is 255 g/mol. The number of benzene rings is 1. The van der Waals surface area contributed by atoms with E-state index in [1.807, 2.05) is 42.5 Å². The van der Waals surface area contributed by atoms with Crippen LogP contribution in [-0.4, -0.2) is 22.7 Å². The summed E-state index contributed by atoms with van der Waals surface area (Å²) in [4.78, 5) is 14.8. The summed E-state index contributed by atoms with van der Waals surface area (Å²) in [5.74, 6) is -0.753. The summed E-state index contributed by atoms with van der Waals surface area (Å²) in [5.41, 5.74) is 1.18. The Labute approximate surface area is 111 Å². The Bertz CT molecular complexity index is 579. The van der Waals surface area contributed by atoms with Crippen LogP contribution in [0.1, 0.15) is 15.9 Å². The van der Waals surface area contributed by atoms with Crippen molar-refractivity contribution >= 4 is 12.0 Å². The summed E-state index contributed by atoms with van der Waals surface area (Å²) in [6.45, 7) is 0.293. The minimum atomic E-state index is -1.02. The van der Waals surface area contributed by atoms with Crippen LogP contribution in [0.2, 0.25) is 0 Å². The van der Waals surface area contributed by atoms with E-state index >= 15 is 0 Å². The number of carboxylic acid groups (broad SMARTS) is 1. The molecule has 0 aliphatic heterocycles.